The molecule has 0 atom stereocenters. The first kappa shape index (κ1) is 14.3. The molecule has 2 amide bonds. The molecular weight excluding hydrogens is 270 g/mol. The molecular formula is C15H12N3O3-. The number of anilines is 1. The van der Waals surface area contributed by atoms with E-state index in [1.807, 2.05) is 6.07 Å². The van der Waals surface area contributed by atoms with Crippen LogP contribution in [-0.2, 0) is 0 Å². The van der Waals surface area contributed by atoms with Crippen LogP contribution in [0.2, 0.25) is 0 Å². The summed E-state index contributed by atoms with van der Waals surface area (Å²) >= 11 is 0. The van der Waals surface area contributed by atoms with Crippen molar-refractivity contribution in [3.63, 3.8) is 0 Å². The Hall–Kier alpha value is -3.15. The molecule has 0 aromatic heterocycles. The lowest BCUT2D eigenvalue weighted by Crippen LogP contribution is -2.24. The molecule has 0 saturated carbocycles. The van der Waals surface area contributed by atoms with Gasteiger partial charge in [-0.1, -0.05) is 42.5 Å². The van der Waals surface area contributed by atoms with E-state index in [-0.39, 0.29) is 5.56 Å². The Morgan fingerprint density at radius 2 is 1.67 bits per heavy atom. The summed E-state index contributed by atoms with van der Waals surface area (Å²) in [5.41, 5.74) is 3.70. The molecule has 0 radical (unpaired) electrons. The van der Waals surface area contributed by atoms with E-state index >= 15 is 0 Å². The molecule has 0 saturated heterocycles. The fraction of sp³-hybridized carbons (Fsp3) is 0. The number of hydrazone groups is 1. The van der Waals surface area contributed by atoms with Gasteiger partial charge in [-0.2, -0.15) is 5.10 Å². The largest absolute Gasteiger partial charge is 0.545 e. The maximum Gasteiger partial charge on any atom is 0.339 e. The van der Waals surface area contributed by atoms with Gasteiger partial charge >= 0.3 is 6.03 Å². The highest BCUT2D eigenvalue weighted by molar-refractivity contribution is 5.91. The normalized spacial score (nSPS) is 10.3. The standard InChI is InChI=1S/C15H13N3O3/c19-14(20)12-8-6-11(7-9-12)10-16-18-15(21)17-13-4-2-1-3-5-13/h1-10H,(H,19,20)(H2,17,18,21)/p-1/b16-10-. The Labute approximate surface area is 121 Å². The van der Waals surface area contributed by atoms with E-state index in [1.165, 1.54) is 18.3 Å². The van der Waals surface area contributed by atoms with Crippen LogP contribution in [0.15, 0.2) is 59.7 Å². The summed E-state index contributed by atoms with van der Waals surface area (Å²) < 4.78 is 0. The minimum atomic E-state index is -1.24. The van der Waals surface area contributed by atoms with Crippen molar-refractivity contribution in [2.24, 2.45) is 5.10 Å². The van der Waals surface area contributed by atoms with Crippen molar-refractivity contribution >= 4 is 23.9 Å². The van der Waals surface area contributed by atoms with Gasteiger partial charge in [0, 0.05) is 5.69 Å². The number of hydrogen-bond acceptors (Lipinski definition) is 4. The summed E-state index contributed by atoms with van der Waals surface area (Å²) in [4.78, 5) is 22.1. The molecule has 0 heterocycles. The first-order chi connectivity index (χ1) is 10.1. The van der Waals surface area contributed by atoms with Crippen LogP contribution >= 0.6 is 0 Å². The SMILES string of the molecule is O=C(N/N=C\c1ccc(C(=O)[O-])cc1)Nc1ccccc1. The Bertz CT molecular complexity index is 652. The van der Waals surface area contributed by atoms with Crippen LogP contribution in [0.3, 0.4) is 0 Å². The minimum Gasteiger partial charge on any atom is -0.545 e. The summed E-state index contributed by atoms with van der Waals surface area (Å²) in [6.07, 6.45) is 1.41. The van der Waals surface area contributed by atoms with Gasteiger partial charge in [-0.3, -0.25) is 0 Å². The van der Waals surface area contributed by atoms with E-state index in [9.17, 15) is 14.7 Å². The predicted octanol–water partition coefficient (Wildman–Crippen LogP) is 1.21. The average Bonchev–Trinajstić information content (AvgIpc) is 2.49. The number of rotatable bonds is 4. The van der Waals surface area contributed by atoms with Crippen molar-refractivity contribution < 1.29 is 14.7 Å². The number of benzene rings is 2. The van der Waals surface area contributed by atoms with Crippen molar-refractivity contribution in [2.75, 3.05) is 5.32 Å². The molecule has 0 bridgehead atoms. The van der Waals surface area contributed by atoms with Crippen LogP contribution < -0.4 is 15.8 Å². The number of amides is 2. The van der Waals surface area contributed by atoms with Crippen LogP contribution in [0.1, 0.15) is 15.9 Å². The van der Waals surface area contributed by atoms with Crippen molar-refractivity contribution in [1.29, 1.82) is 0 Å². The molecule has 0 fully saturated rings. The van der Waals surface area contributed by atoms with E-state index < -0.39 is 12.0 Å². The van der Waals surface area contributed by atoms with Crippen LogP contribution in [0.4, 0.5) is 10.5 Å². The van der Waals surface area contributed by atoms with E-state index in [2.05, 4.69) is 15.8 Å². The third-order valence-corrected chi connectivity index (χ3v) is 2.56. The molecule has 106 valence electrons. The maximum atomic E-state index is 11.5. The van der Waals surface area contributed by atoms with Crippen molar-refractivity contribution in [3.8, 4) is 0 Å². The molecule has 21 heavy (non-hydrogen) atoms. The predicted molar refractivity (Wildman–Crippen MR) is 77.0 cm³/mol. The highest BCUT2D eigenvalue weighted by Crippen LogP contribution is 2.04. The Morgan fingerprint density at radius 3 is 2.29 bits per heavy atom. The van der Waals surface area contributed by atoms with Crippen molar-refractivity contribution in [1.82, 2.24) is 5.43 Å². The molecule has 0 aliphatic carbocycles. The lowest BCUT2D eigenvalue weighted by Gasteiger charge is -2.03. The van der Waals surface area contributed by atoms with E-state index in [1.54, 1.807) is 36.4 Å². The number of nitrogens with zero attached hydrogens (tertiary/aromatic N) is 1. The number of aromatic carboxylic acids is 1. The first-order valence-electron chi connectivity index (χ1n) is 6.11. The van der Waals surface area contributed by atoms with Gasteiger partial charge in [0.2, 0.25) is 0 Å². The molecule has 6 nitrogen and oxygen atoms in total. The third-order valence-electron chi connectivity index (χ3n) is 2.56. The van der Waals surface area contributed by atoms with Crippen molar-refractivity contribution in [3.05, 3.63) is 65.7 Å². The second-order valence-corrected chi connectivity index (χ2v) is 4.10. The molecule has 0 spiro atoms. The number of nitrogens with one attached hydrogen (secondary N) is 2. The van der Waals surface area contributed by atoms with E-state index in [0.29, 0.717) is 11.3 Å². The van der Waals surface area contributed by atoms with Gasteiger partial charge in [0.05, 0.1) is 12.2 Å². The number of carboxylic acids is 1. The Morgan fingerprint density at radius 1 is 1.00 bits per heavy atom. The Balaban J connectivity index is 1.87. The van der Waals surface area contributed by atoms with Gasteiger partial charge < -0.3 is 15.2 Å². The van der Waals surface area contributed by atoms with E-state index in [0.717, 1.165) is 0 Å². The lowest BCUT2D eigenvalue weighted by molar-refractivity contribution is -0.255. The number of urea groups is 1. The fourth-order valence-corrected chi connectivity index (χ4v) is 1.55. The maximum absolute atomic E-state index is 11.5. The number of hydrogen-bond donors (Lipinski definition) is 2. The highest BCUT2D eigenvalue weighted by atomic mass is 16.4. The van der Waals surface area contributed by atoms with Gasteiger partial charge in [-0.15, -0.1) is 0 Å². The lowest BCUT2D eigenvalue weighted by atomic mass is 10.1. The molecule has 0 unspecified atom stereocenters. The zero-order valence-corrected chi connectivity index (χ0v) is 10.9. The topological polar surface area (TPSA) is 93.6 Å². The summed E-state index contributed by atoms with van der Waals surface area (Å²) in [6.45, 7) is 0. The summed E-state index contributed by atoms with van der Waals surface area (Å²) in [7, 11) is 0. The minimum absolute atomic E-state index is 0.0851. The number of carbonyl (C=O) groups excluding carboxylic acids is 2. The molecule has 0 aliphatic heterocycles. The quantitative estimate of drug-likeness (QED) is 0.652. The van der Waals surface area contributed by atoms with Gasteiger partial charge in [0.1, 0.15) is 0 Å². The molecule has 0 aliphatic rings. The molecule has 6 heteroatoms. The Kier molecular flexibility index (Phi) is 4.66. The third kappa shape index (κ3) is 4.46. The van der Waals surface area contributed by atoms with Gasteiger partial charge in [-0.25, -0.2) is 10.2 Å². The molecule has 2 N–H and O–H groups in total. The second kappa shape index (κ2) is 6.85. The van der Waals surface area contributed by atoms with Crippen LogP contribution in [0.25, 0.3) is 0 Å². The van der Waals surface area contributed by atoms with Crippen LogP contribution in [-0.4, -0.2) is 18.2 Å². The van der Waals surface area contributed by atoms with Gasteiger partial charge in [0.15, 0.2) is 0 Å². The summed E-state index contributed by atoms with van der Waals surface area (Å²) in [5.74, 6) is -1.24. The number of para-hydroxylation sites is 1. The van der Waals surface area contributed by atoms with Crippen LogP contribution in [0, 0.1) is 0 Å². The van der Waals surface area contributed by atoms with Crippen LogP contribution in [0.5, 0.6) is 0 Å². The van der Waals surface area contributed by atoms with Crippen molar-refractivity contribution in [2.45, 2.75) is 0 Å². The van der Waals surface area contributed by atoms with E-state index in [4.69, 9.17) is 0 Å². The number of carbonyl (C=O) groups is 2. The monoisotopic (exact) mass is 282 g/mol. The number of carboxylic acid groups (broad SMARTS) is 1. The first-order valence-corrected chi connectivity index (χ1v) is 6.11. The molecule has 2 rings (SSSR count). The zero-order chi connectivity index (χ0) is 15.1. The zero-order valence-electron chi connectivity index (χ0n) is 10.9. The van der Waals surface area contributed by atoms with Gasteiger partial charge in [0.25, 0.3) is 0 Å². The smallest absolute Gasteiger partial charge is 0.339 e. The average molecular weight is 282 g/mol. The molecule has 2 aromatic carbocycles. The van der Waals surface area contributed by atoms with Gasteiger partial charge in [-0.05, 0) is 23.3 Å². The molecule has 2 aromatic rings. The highest BCUT2D eigenvalue weighted by Gasteiger charge is 1.98. The fourth-order valence-electron chi connectivity index (χ4n) is 1.55. The summed E-state index contributed by atoms with van der Waals surface area (Å²) in [5, 5.41) is 16.9. The second-order valence-electron chi connectivity index (χ2n) is 4.10. The summed E-state index contributed by atoms with van der Waals surface area (Å²) in [6, 6.07) is 14.4.